The molecular formula is C18H24N2O4S. The van der Waals surface area contributed by atoms with Gasteiger partial charge in [0, 0.05) is 25.2 Å². The van der Waals surface area contributed by atoms with Crippen molar-refractivity contribution in [2.45, 2.75) is 43.2 Å². The van der Waals surface area contributed by atoms with Crippen LogP contribution in [0, 0.1) is 0 Å². The Hall–Kier alpha value is -1.70. The summed E-state index contributed by atoms with van der Waals surface area (Å²) in [6.07, 6.45) is 5.25. The molecule has 136 valence electrons. The van der Waals surface area contributed by atoms with Crippen LogP contribution in [-0.4, -0.2) is 60.4 Å². The summed E-state index contributed by atoms with van der Waals surface area (Å²) in [4.78, 5) is 14.6. The SMILES string of the molecule is CC[C@@H]1C=CCN1C(=O)c1cccc(S(=O)(=O)N2CCC(O)CC2)c1. The Morgan fingerprint density at radius 1 is 1.28 bits per heavy atom. The van der Waals surface area contributed by atoms with Crippen LogP contribution in [0.1, 0.15) is 36.5 Å². The molecule has 1 atom stereocenters. The van der Waals surface area contributed by atoms with E-state index in [2.05, 4.69) is 0 Å². The molecule has 0 saturated carbocycles. The molecule has 7 heteroatoms. The van der Waals surface area contributed by atoms with Crippen molar-refractivity contribution in [2.75, 3.05) is 19.6 Å². The number of carbonyl (C=O) groups is 1. The first-order valence-corrected chi connectivity index (χ1v) is 10.1. The molecule has 0 radical (unpaired) electrons. The fourth-order valence-electron chi connectivity index (χ4n) is 3.35. The highest BCUT2D eigenvalue weighted by molar-refractivity contribution is 7.89. The highest BCUT2D eigenvalue weighted by atomic mass is 32.2. The largest absolute Gasteiger partial charge is 0.393 e. The Labute approximate surface area is 148 Å². The van der Waals surface area contributed by atoms with Crippen LogP contribution in [0.15, 0.2) is 41.3 Å². The molecule has 0 aliphatic carbocycles. The summed E-state index contributed by atoms with van der Waals surface area (Å²) in [5.41, 5.74) is 0.389. The lowest BCUT2D eigenvalue weighted by Gasteiger charge is -2.29. The third-order valence-electron chi connectivity index (χ3n) is 4.88. The first-order chi connectivity index (χ1) is 11.9. The number of piperidine rings is 1. The van der Waals surface area contributed by atoms with Crippen LogP contribution in [0.2, 0.25) is 0 Å². The lowest BCUT2D eigenvalue weighted by atomic mass is 10.1. The van der Waals surface area contributed by atoms with Crippen molar-refractivity contribution in [2.24, 2.45) is 0 Å². The molecular weight excluding hydrogens is 340 g/mol. The molecule has 1 aromatic rings. The Balaban J connectivity index is 1.83. The van der Waals surface area contributed by atoms with Gasteiger partial charge in [-0.3, -0.25) is 4.79 Å². The van der Waals surface area contributed by atoms with E-state index in [-0.39, 0.29) is 16.8 Å². The van der Waals surface area contributed by atoms with Gasteiger partial charge < -0.3 is 10.0 Å². The molecule has 0 unspecified atom stereocenters. The zero-order valence-corrected chi connectivity index (χ0v) is 15.2. The average Bonchev–Trinajstić information content (AvgIpc) is 3.10. The topological polar surface area (TPSA) is 77.9 Å². The van der Waals surface area contributed by atoms with Gasteiger partial charge >= 0.3 is 0 Å². The van der Waals surface area contributed by atoms with E-state index >= 15 is 0 Å². The summed E-state index contributed by atoms with van der Waals surface area (Å²) in [6, 6.07) is 6.33. The smallest absolute Gasteiger partial charge is 0.254 e. The van der Waals surface area contributed by atoms with Gasteiger partial charge in [-0.25, -0.2) is 8.42 Å². The molecule has 1 N–H and O–H groups in total. The Bertz CT molecular complexity index is 767. The number of sulfonamides is 1. The minimum absolute atomic E-state index is 0.0661. The fourth-order valence-corrected chi connectivity index (χ4v) is 4.86. The van der Waals surface area contributed by atoms with E-state index in [4.69, 9.17) is 0 Å². The second-order valence-corrected chi connectivity index (χ2v) is 8.46. The van der Waals surface area contributed by atoms with Gasteiger partial charge in [0.05, 0.1) is 17.0 Å². The lowest BCUT2D eigenvalue weighted by Crippen LogP contribution is -2.40. The van der Waals surface area contributed by atoms with E-state index in [1.807, 2.05) is 19.1 Å². The van der Waals surface area contributed by atoms with E-state index < -0.39 is 16.1 Å². The van der Waals surface area contributed by atoms with Gasteiger partial charge in [-0.1, -0.05) is 25.1 Å². The Kier molecular flexibility index (Phi) is 5.27. The van der Waals surface area contributed by atoms with E-state index in [0.29, 0.717) is 38.0 Å². The normalized spacial score (nSPS) is 22.5. The molecule has 1 aromatic carbocycles. The number of aliphatic hydroxyl groups excluding tert-OH is 1. The number of nitrogens with zero attached hydrogens (tertiary/aromatic N) is 2. The monoisotopic (exact) mass is 364 g/mol. The van der Waals surface area contributed by atoms with Gasteiger partial charge in [-0.15, -0.1) is 0 Å². The van der Waals surface area contributed by atoms with E-state index in [0.717, 1.165) is 6.42 Å². The van der Waals surface area contributed by atoms with Crippen LogP contribution in [-0.2, 0) is 10.0 Å². The molecule has 25 heavy (non-hydrogen) atoms. The van der Waals surface area contributed by atoms with Gasteiger partial charge in [0.25, 0.3) is 5.91 Å². The minimum Gasteiger partial charge on any atom is -0.393 e. The quantitative estimate of drug-likeness (QED) is 0.824. The molecule has 2 aliphatic heterocycles. The second-order valence-electron chi connectivity index (χ2n) is 6.52. The molecule has 0 spiro atoms. The van der Waals surface area contributed by atoms with Crippen LogP contribution in [0.5, 0.6) is 0 Å². The van der Waals surface area contributed by atoms with Crippen molar-refractivity contribution in [3.05, 3.63) is 42.0 Å². The predicted octanol–water partition coefficient (Wildman–Crippen LogP) is 1.62. The molecule has 2 heterocycles. The van der Waals surface area contributed by atoms with Crippen molar-refractivity contribution in [3.63, 3.8) is 0 Å². The van der Waals surface area contributed by atoms with Crippen molar-refractivity contribution >= 4 is 15.9 Å². The zero-order valence-electron chi connectivity index (χ0n) is 14.3. The Morgan fingerprint density at radius 3 is 2.68 bits per heavy atom. The van der Waals surface area contributed by atoms with E-state index in [1.54, 1.807) is 17.0 Å². The first-order valence-electron chi connectivity index (χ1n) is 8.69. The number of carbonyl (C=O) groups excluding carboxylic acids is 1. The van der Waals surface area contributed by atoms with Crippen LogP contribution < -0.4 is 0 Å². The van der Waals surface area contributed by atoms with Crippen LogP contribution in [0.3, 0.4) is 0 Å². The maximum atomic E-state index is 12.8. The number of rotatable bonds is 4. The molecule has 3 rings (SSSR count). The molecule has 0 aromatic heterocycles. The molecule has 0 bridgehead atoms. The molecule has 1 fully saturated rings. The van der Waals surface area contributed by atoms with E-state index in [1.165, 1.54) is 16.4 Å². The summed E-state index contributed by atoms with van der Waals surface area (Å²) < 4.78 is 27.0. The number of amides is 1. The zero-order chi connectivity index (χ0) is 18.0. The Morgan fingerprint density at radius 2 is 2.00 bits per heavy atom. The summed E-state index contributed by atoms with van der Waals surface area (Å²) in [6.45, 7) is 3.18. The van der Waals surface area contributed by atoms with Gasteiger partial charge in [0.15, 0.2) is 0 Å². The van der Waals surface area contributed by atoms with Crippen LogP contribution in [0.4, 0.5) is 0 Å². The van der Waals surface area contributed by atoms with Crippen molar-refractivity contribution in [1.29, 1.82) is 0 Å². The minimum atomic E-state index is -3.65. The molecule has 6 nitrogen and oxygen atoms in total. The summed E-state index contributed by atoms with van der Waals surface area (Å²) in [5, 5.41) is 9.57. The number of aliphatic hydroxyl groups is 1. The van der Waals surface area contributed by atoms with Crippen LogP contribution in [0.25, 0.3) is 0 Å². The number of hydrogen-bond donors (Lipinski definition) is 1. The van der Waals surface area contributed by atoms with Gasteiger partial charge in [-0.2, -0.15) is 4.31 Å². The highest BCUT2D eigenvalue weighted by Gasteiger charge is 2.30. The predicted molar refractivity (Wildman–Crippen MR) is 94.7 cm³/mol. The standard InChI is InChI=1S/C18H24N2O4S/c1-2-15-6-4-10-20(15)18(22)14-5-3-7-17(13-14)25(23,24)19-11-8-16(21)9-12-19/h3-7,13,15-16,21H,2,8-12H2,1H3/t15-/m1/s1. The van der Waals surface area contributed by atoms with Crippen molar-refractivity contribution in [3.8, 4) is 0 Å². The first kappa shape index (κ1) is 18.1. The molecule has 1 amide bonds. The number of hydrogen-bond acceptors (Lipinski definition) is 4. The number of benzene rings is 1. The maximum absolute atomic E-state index is 12.8. The average molecular weight is 364 g/mol. The van der Waals surface area contributed by atoms with Crippen molar-refractivity contribution in [1.82, 2.24) is 9.21 Å². The van der Waals surface area contributed by atoms with E-state index in [9.17, 15) is 18.3 Å². The van der Waals surface area contributed by atoms with Crippen LogP contribution >= 0.6 is 0 Å². The molecule has 2 aliphatic rings. The second kappa shape index (κ2) is 7.27. The maximum Gasteiger partial charge on any atom is 0.254 e. The highest BCUT2D eigenvalue weighted by Crippen LogP contribution is 2.23. The summed E-state index contributed by atoms with van der Waals surface area (Å²) in [5.74, 6) is -0.150. The molecule has 1 saturated heterocycles. The lowest BCUT2D eigenvalue weighted by molar-refractivity contribution is 0.0747. The summed E-state index contributed by atoms with van der Waals surface area (Å²) >= 11 is 0. The van der Waals surface area contributed by atoms with Gasteiger partial charge in [0.2, 0.25) is 10.0 Å². The third kappa shape index (κ3) is 3.63. The third-order valence-corrected chi connectivity index (χ3v) is 6.78. The van der Waals surface area contributed by atoms with Crippen molar-refractivity contribution < 1.29 is 18.3 Å². The fraction of sp³-hybridized carbons (Fsp3) is 0.500. The van der Waals surface area contributed by atoms with Gasteiger partial charge in [-0.05, 0) is 37.5 Å². The van der Waals surface area contributed by atoms with Gasteiger partial charge in [0.1, 0.15) is 0 Å². The summed E-state index contributed by atoms with van der Waals surface area (Å²) in [7, 11) is -3.65.